The molecule has 0 fully saturated rings. The summed E-state index contributed by atoms with van der Waals surface area (Å²) in [5.74, 6) is 0. The number of hydrogen-bond donors (Lipinski definition) is 2. The standard InChI is InChI=1S/2C4H9O3.C3H7O.Al/c2*5-1-3-7-4-2-6;1-2-3-4;/h2*5H,1-4H2;2-3H2,1H3;/q3*-1;+3. The third-order valence-corrected chi connectivity index (χ3v) is 3.42. The molecule has 0 rings (SSSR count). The average Bonchev–Trinajstić information content (AvgIpc) is 2.43. The van der Waals surface area contributed by atoms with E-state index >= 15 is 0 Å². The minimum absolute atomic E-state index is 0.00584. The molecule has 0 saturated carbocycles. The Labute approximate surface area is 119 Å². The van der Waals surface area contributed by atoms with Gasteiger partial charge in [-0.3, -0.25) is 0 Å². The van der Waals surface area contributed by atoms with E-state index in [9.17, 15) is 0 Å². The van der Waals surface area contributed by atoms with E-state index in [1.165, 1.54) is 0 Å². The van der Waals surface area contributed by atoms with Gasteiger partial charge in [-0.2, -0.15) is 0 Å². The fourth-order valence-electron chi connectivity index (χ4n) is 1.10. The quantitative estimate of drug-likeness (QED) is 0.310. The third-order valence-electron chi connectivity index (χ3n) is 1.89. The molecular weight excluding hydrogens is 271 g/mol. The van der Waals surface area contributed by atoms with Crippen LogP contribution in [-0.2, 0) is 20.8 Å². The summed E-state index contributed by atoms with van der Waals surface area (Å²) in [7, 11) is 0. The topological polar surface area (TPSA) is 86.6 Å². The molecule has 0 aromatic carbocycles. The Kier molecular flexibility index (Phi) is 16.5. The maximum atomic E-state index is 8.54. The molecule has 8 heteroatoms. The summed E-state index contributed by atoms with van der Waals surface area (Å²) in [6.07, 6.45) is 0.901. The van der Waals surface area contributed by atoms with Crippen LogP contribution in [0.15, 0.2) is 0 Å². The van der Waals surface area contributed by atoms with Crippen molar-refractivity contribution in [2.24, 2.45) is 0 Å². The molecule has 7 nitrogen and oxygen atoms in total. The van der Waals surface area contributed by atoms with Gasteiger partial charge in [0.1, 0.15) is 0 Å². The maximum Gasteiger partial charge on any atom is 0.905 e. The van der Waals surface area contributed by atoms with Crippen LogP contribution >= 0.6 is 0 Å². The molecule has 0 aliphatic carbocycles. The Hall–Kier alpha value is 0.252. The van der Waals surface area contributed by atoms with E-state index in [1.807, 2.05) is 6.92 Å². The number of ether oxygens (including phenoxy) is 2. The van der Waals surface area contributed by atoms with Crippen molar-refractivity contribution in [3.05, 3.63) is 0 Å². The fourth-order valence-corrected chi connectivity index (χ4v) is 2.39. The number of aliphatic hydroxyl groups is 2. The summed E-state index contributed by atoms with van der Waals surface area (Å²) in [6.45, 7) is 4.83. The van der Waals surface area contributed by atoms with Gasteiger partial charge >= 0.3 is 15.1 Å². The lowest BCUT2D eigenvalue weighted by molar-refractivity contribution is 0.0225. The first-order valence-electron chi connectivity index (χ1n) is 6.57. The second-order valence-electron chi connectivity index (χ2n) is 3.57. The summed E-state index contributed by atoms with van der Waals surface area (Å²) in [4.78, 5) is 0. The molecule has 0 radical (unpaired) electrons. The van der Waals surface area contributed by atoms with Gasteiger partial charge in [-0.25, -0.2) is 0 Å². The molecule has 0 atom stereocenters. The monoisotopic (exact) mass is 296 g/mol. The minimum atomic E-state index is -2.14. The zero-order valence-corrected chi connectivity index (χ0v) is 12.7. The molecule has 0 unspecified atom stereocenters. The van der Waals surface area contributed by atoms with E-state index in [1.54, 1.807) is 0 Å². The van der Waals surface area contributed by atoms with Gasteiger partial charge in [0.05, 0.1) is 39.6 Å². The van der Waals surface area contributed by atoms with Crippen LogP contribution in [0.4, 0.5) is 0 Å². The third kappa shape index (κ3) is 14.5. The van der Waals surface area contributed by atoms with Crippen molar-refractivity contribution in [2.75, 3.05) is 59.5 Å². The summed E-state index contributed by atoms with van der Waals surface area (Å²) in [5.41, 5.74) is 0. The highest BCUT2D eigenvalue weighted by molar-refractivity contribution is 6.36. The first kappa shape index (κ1) is 19.3. The highest BCUT2D eigenvalue weighted by Crippen LogP contribution is 1.95. The number of aliphatic hydroxyl groups excluding tert-OH is 2. The van der Waals surface area contributed by atoms with Gasteiger partial charge in [-0.15, -0.1) is 0 Å². The van der Waals surface area contributed by atoms with Crippen LogP contribution in [0, 0.1) is 0 Å². The molecule has 0 spiro atoms. The van der Waals surface area contributed by atoms with E-state index in [-0.39, 0.29) is 13.2 Å². The summed E-state index contributed by atoms with van der Waals surface area (Å²) in [5, 5.41) is 17.1. The summed E-state index contributed by atoms with van der Waals surface area (Å²) < 4.78 is 26.6. The second-order valence-corrected chi connectivity index (χ2v) is 5.15. The number of hydrogen-bond acceptors (Lipinski definition) is 7. The second kappa shape index (κ2) is 16.3. The molecule has 0 aromatic heterocycles. The van der Waals surface area contributed by atoms with Crippen LogP contribution in [0.5, 0.6) is 0 Å². The molecule has 0 heterocycles. The lowest BCUT2D eigenvalue weighted by Gasteiger charge is -2.13. The highest BCUT2D eigenvalue weighted by atomic mass is 27.3. The van der Waals surface area contributed by atoms with Crippen LogP contribution in [0.2, 0.25) is 0 Å². The van der Waals surface area contributed by atoms with Crippen molar-refractivity contribution >= 4 is 15.1 Å². The smallest absolute Gasteiger partial charge is 0.454 e. The Morgan fingerprint density at radius 1 is 0.684 bits per heavy atom. The van der Waals surface area contributed by atoms with Crippen LogP contribution in [0.25, 0.3) is 0 Å². The molecule has 0 aliphatic rings. The molecular formula is C11H25AlO7. The SMILES string of the molecule is CCC[O][Al]([O]CCOCCO)[O]CCOCCO. The molecule has 0 bridgehead atoms. The normalized spacial score (nSPS) is 10.9. The zero-order chi connectivity index (χ0) is 14.2. The lowest BCUT2D eigenvalue weighted by atomic mass is 10.5. The fraction of sp³-hybridized carbons (Fsp3) is 1.00. The van der Waals surface area contributed by atoms with Gasteiger partial charge < -0.3 is 31.1 Å². The molecule has 0 saturated heterocycles. The van der Waals surface area contributed by atoms with Crippen molar-refractivity contribution in [3.8, 4) is 0 Å². The average molecular weight is 296 g/mol. The Morgan fingerprint density at radius 3 is 1.58 bits per heavy atom. The Bertz CT molecular complexity index is 159. The van der Waals surface area contributed by atoms with E-state index < -0.39 is 15.1 Å². The van der Waals surface area contributed by atoms with Crippen molar-refractivity contribution in [1.82, 2.24) is 0 Å². The van der Waals surface area contributed by atoms with Gasteiger partial charge in [0, 0.05) is 19.8 Å². The van der Waals surface area contributed by atoms with Crippen molar-refractivity contribution < 1.29 is 31.1 Å². The number of rotatable bonds is 15. The molecule has 19 heavy (non-hydrogen) atoms. The van der Waals surface area contributed by atoms with Crippen LogP contribution < -0.4 is 0 Å². The molecule has 0 aromatic rings. The van der Waals surface area contributed by atoms with E-state index in [2.05, 4.69) is 0 Å². The zero-order valence-electron chi connectivity index (χ0n) is 11.6. The largest absolute Gasteiger partial charge is 0.905 e. The van der Waals surface area contributed by atoms with Crippen molar-refractivity contribution in [1.29, 1.82) is 0 Å². The highest BCUT2D eigenvalue weighted by Gasteiger charge is 2.30. The van der Waals surface area contributed by atoms with Gasteiger partial charge in [0.2, 0.25) is 0 Å². The lowest BCUT2D eigenvalue weighted by Crippen LogP contribution is -2.30. The first-order valence-corrected chi connectivity index (χ1v) is 7.98. The summed E-state index contributed by atoms with van der Waals surface area (Å²) in [6, 6.07) is 0. The Balaban J connectivity index is 3.57. The minimum Gasteiger partial charge on any atom is -0.454 e. The van der Waals surface area contributed by atoms with Crippen LogP contribution in [0.3, 0.4) is 0 Å². The molecule has 0 amide bonds. The van der Waals surface area contributed by atoms with Gasteiger partial charge in [0.15, 0.2) is 0 Å². The van der Waals surface area contributed by atoms with Gasteiger partial charge in [-0.05, 0) is 6.42 Å². The first-order chi connectivity index (χ1) is 9.35. The van der Waals surface area contributed by atoms with Crippen molar-refractivity contribution in [3.63, 3.8) is 0 Å². The van der Waals surface area contributed by atoms with Crippen molar-refractivity contribution in [2.45, 2.75) is 13.3 Å². The predicted molar refractivity (Wildman–Crippen MR) is 69.7 cm³/mol. The van der Waals surface area contributed by atoms with E-state index in [0.29, 0.717) is 46.2 Å². The van der Waals surface area contributed by atoms with Gasteiger partial charge in [0.25, 0.3) is 0 Å². The molecule has 2 N–H and O–H groups in total. The molecule has 114 valence electrons. The van der Waals surface area contributed by atoms with Gasteiger partial charge in [-0.1, -0.05) is 6.92 Å². The van der Waals surface area contributed by atoms with E-state index in [0.717, 1.165) is 6.42 Å². The van der Waals surface area contributed by atoms with Crippen LogP contribution in [0.1, 0.15) is 13.3 Å². The maximum absolute atomic E-state index is 8.54. The Morgan fingerprint density at radius 2 is 1.16 bits per heavy atom. The molecule has 0 aliphatic heterocycles. The van der Waals surface area contributed by atoms with Crippen LogP contribution in [-0.4, -0.2) is 84.8 Å². The van der Waals surface area contributed by atoms with E-state index in [4.69, 9.17) is 31.1 Å². The summed E-state index contributed by atoms with van der Waals surface area (Å²) >= 11 is -2.14. The predicted octanol–water partition coefficient (Wildman–Crippen LogP) is -0.551.